The van der Waals surface area contributed by atoms with Gasteiger partial charge in [-0.25, -0.2) is 22.7 Å². The summed E-state index contributed by atoms with van der Waals surface area (Å²) in [4.78, 5) is 17.1. The molecule has 1 atom stereocenters. The second-order valence-corrected chi connectivity index (χ2v) is 12.7. The van der Waals surface area contributed by atoms with Gasteiger partial charge in [0.15, 0.2) is 5.65 Å². The highest BCUT2D eigenvalue weighted by Crippen LogP contribution is 2.34. The molecular formula is C26H36N6O2S. The normalized spacial score (nSPS) is 23.5. The first-order chi connectivity index (χ1) is 17.1. The number of H-pyrrole nitrogens is 1. The zero-order valence-electron chi connectivity index (χ0n) is 20.4. The topological polar surface area (TPSA) is 85.4 Å². The molecule has 35 heavy (non-hydrogen) atoms. The number of sulfonamides is 1. The molecule has 9 heteroatoms. The van der Waals surface area contributed by atoms with E-state index in [-0.39, 0.29) is 5.92 Å². The molecule has 3 fully saturated rings. The number of hydrogen-bond acceptors (Lipinski definition) is 6. The molecule has 188 valence electrons. The van der Waals surface area contributed by atoms with Crippen LogP contribution in [0.2, 0.25) is 0 Å². The lowest BCUT2D eigenvalue weighted by Crippen LogP contribution is -2.46. The van der Waals surface area contributed by atoms with E-state index in [2.05, 4.69) is 30.8 Å². The molecule has 0 spiro atoms. The summed E-state index contributed by atoms with van der Waals surface area (Å²) < 4.78 is 28.5. The Kier molecular flexibility index (Phi) is 6.41. The van der Waals surface area contributed by atoms with Crippen molar-refractivity contribution in [3.63, 3.8) is 0 Å². The fourth-order valence-electron chi connectivity index (χ4n) is 6.41. The molecule has 1 N–H and O–H groups in total. The number of pyridine rings is 2. The first kappa shape index (κ1) is 23.2. The van der Waals surface area contributed by atoms with Crippen LogP contribution in [-0.2, 0) is 10.0 Å². The minimum atomic E-state index is -3.21. The molecule has 3 aromatic heterocycles. The quantitative estimate of drug-likeness (QED) is 0.563. The van der Waals surface area contributed by atoms with Crippen molar-refractivity contribution in [2.75, 3.05) is 56.5 Å². The largest absolute Gasteiger partial charge is 0.371 e. The van der Waals surface area contributed by atoms with Crippen molar-refractivity contribution in [3.05, 3.63) is 30.7 Å². The Morgan fingerprint density at radius 3 is 2.60 bits per heavy atom. The van der Waals surface area contributed by atoms with Gasteiger partial charge >= 0.3 is 0 Å². The van der Waals surface area contributed by atoms with Gasteiger partial charge in [0.2, 0.25) is 10.0 Å². The van der Waals surface area contributed by atoms with Gasteiger partial charge in [-0.05, 0) is 75.6 Å². The third-order valence-electron chi connectivity index (χ3n) is 8.26. The number of likely N-dealkylation sites (tertiary alicyclic amines) is 1. The lowest BCUT2D eigenvalue weighted by atomic mass is 9.98. The van der Waals surface area contributed by atoms with Gasteiger partial charge in [-0.2, -0.15) is 0 Å². The van der Waals surface area contributed by atoms with Crippen molar-refractivity contribution in [2.24, 2.45) is 11.8 Å². The molecule has 8 nitrogen and oxygen atoms in total. The Morgan fingerprint density at radius 1 is 0.943 bits per heavy atom. The Morgan fingerprint density at radius 2 is 1.77 bits per heavy atom. The molecule has 3 saturated heterocycles. The number of hydrogen-bond donors (Lipinski definition) is 1. The van der Waals surface area contributed by atoms with Crippen LogP contribution in [-0.4, -0.2) is 84.1 Å². The number of aromatic amines is 1. The van der Waals surface area contributed by atoms with E-state index >= 15 is 0 Å². The SMILES string of the molecule is O=S(=O)(CC1CCN(c2cc[nH]c3cnc4nccc4c23)CC1)N1CCCC(CN2CCCC2)C1. The van der Waals surface area contributed by atoms with E-state index in [0.717, 1.165) is 67.3 Å². The summed E-state index contributed by atoms with van der Waals surface area (Å²) in [5, 5.41) is 2.21. The van der Waals surface area contributed by atoms with Crippen LogP contribution in [0.3, 0.4) is 0 Å². The predicted molar refractivity (Wildman–Crippen MR) is 140 cm³/mol. The van der Waals surface area contributed by atoms with Gasteiger partial charge in [0.05, 0.1) is 17.5 Å². The molecule has 0 amide bonds. The molecule has 3 aliphatic rings. The van der Waals surface area contributed by atoms with Crippen LogP contribution < -0.4 is 4.90 Å². The van der Waals surface area contributed by atoms with Crippen LogP contribution in [0.25, 0.3) is 21.9 Å². The van der Waals surface area contributed by atoms with Crippen LogP contribution in [0.5, 0.6) is 0 Å². The Labute approximate surface area is 207 Å². The highest BCUT2D eigenvalue weighted by molar-refractivity contribution is 7.89. The number of piperidine rings is 2. The summed E-state index contributed by atoms with van der Waals surface area (Å²) in [7, 11) is -3.21. The highest BCUT2D eigenvalue weighted by atomic mass is 32.2. The molecule has 0 aromatic carbocycles. The van der Waals surface area contributed by atoms with Crippen LogP contribution in [0.4, 0.5) is 5.69 Å². The van der Waals surface area contributed by atoms with Crippen molar-refractivity contribution >= 4 is 37.6 Å². The van der Waals surface area contributed by atoms with Crippen LogP contribution in [0, 0.1) is 11.8 Å². The maximum Gasteiger partial charge on any atom is 0.214 e. The van der Waals surface area contributed by atoms with Crippen molar-refractivity contribution in [3.8, 4) is 0 Å². The molecule has 0 saturated carbocycles. The number of nitrogens with one attached hydrogen (secondary N) is 1. The second-order valence-electron chi connectivity index (χ2n) is 10.7. The number of aromatic nitrogens is 3. The lowest BCUT2D eigenvalue weighted by molar-refractivity contribution is 0.199. The van der Waals surface area contributed by atoms with Crippen molar-refractivity contribution in [1.29, 1.82) is 0 Å². The van der Waals surface area contributed by atoms with Gasteiger partial charge in [-0.3, -0.25) is 0 Å². The second kappa shape index (κ2) is 9.67. The molecule has 3 aliphatic heterocycles. The van der Waals surface area contributed by atoms with Crippen molar-refractivity contribution < 1.29 is 8.42 Å². The van der Waals surface area contributed by atoms with E-state index in [1.807, 2.05) is 22.8 Å². The molecular weight excluding hydrogens is 460 g/mol. The third-order valence-corrected chi connectivity index (χ3v) is 10.3. The van der Waals surface area contributed by atoms with E-state index in [9.17, 15) is 8.42 Å². The van der Waals surface area contributed by atoms with Crippen molar-refractivity contribution in [2.45, 2.75) is 38.5 Å². The van der Waals surface area contributed by atoms with Gasteiger partial charge in [0.25, 0.3) is 0 Å². The Hall–Kier alpha value is -2.23. The maximum absolute atomic E-state index is 13.4. The minimum Gasteiger partial charge on any atom is -0.371 e. The molecule has 0 radical (unpaired) electrons. The average molecular weight is 497 g/mol. The maximum atomic E-state index is 13.4. The standard InChI is InChI=1S/C26H36N6O2S/c33-35(34,32-13-3-4-21(18-32)17-30-11-1-2-12-30)19-20-7-14-31(15-8-20)24-6-10-27-23-16-29-26-22(25(23)24)5-9-28-26/h5-6,9-10,16,20-21,27H,1-4,7-8,11-15,17-19H2. The summed E-state index contributed by atoms with van der Waals surface area (Å²) in [6.45, 7) is 6.57. The van der Waals surface area contributed by atoms with E-state index < -0.39 is 10.0 Å². The molecule has 0 bridgehead atoms. The van der Waals surface area contributed by atoms with Gasteiger partial charge in [0.1, 0.15) is 0 Å². The molecule has 0 aliphatic carbocycles. The Balaban J connectivity index is 1.10. The van der Waals surface area contributed by atoms with Gasteiger partial charge in [-0.15, -0.1) is 0 Å². The number of nitrogens with zero attached hydrogens (tertiary/aromatic N) is 5. The van der Waals surface area contributed by atoms with Crippen molar-refractivity contribution in [1.82, 2.24) is 24.2 Å². The highest BCUT2D eigenvalue weighted by Gasteiger charge is 2.33. The fraction of sp³-hybridized carbons (Fsp3) is 0.615. The summed E-state index contributed by atoms with van der Waals surface area (Å²) in [5.41, 5.74) is 2.95. The van der Waals surface area contributed by atoms with Gasteiger partial charge in [-0.1, -0.05) is 0 Å². The predicted octanol–water partition coefficient (Wildman–Crippen LogP) is 3.47. The fourth-order valence-corrected chi connectivity index (χ4v) is 8.39. The number of fused-ring (bicyclic) bond motifs is 3. The minimum absolute atomic E-state index is 0.221. The van der Waals surface area contributed by atoms with E-state index in [1.165, 1.54) is 31.6 Å². The van der Waals surface area contributed by atoms with Gasteiger partial charge < -0.3 is 14.8 Å². The smallest absolute Gasteiger partial charge is 0.214 e. The molecule has 3 aromatic rings. The first-order valence-electron chi connectivity index (χ1n) is 13.2. The van der Waals surface area contributed by atoms with Crippen LogP contribution in [0.1, 0.15) is 38.5 Å². The van der Waals surface area contributed by atoms with E-state index in [0.29, 0.717) is 24.8 Å². The summed E-state index contributed by atoms with van der Waals surface area (Å²) in [6.07, 6.45) is 12.2. The average Bonchev–Trinajstić information content (AvgIpc) is 3.56. The van der Waals surface area contributed by atoms with Crippen LogP contribution >= 0.6 is 0 Å². The molecule has 6 rings (SSSR count). The monoisotopic (exact) mass is 496 g/mol. The van der Waals surface area contributed by atoms with Gasteiger partial charge in [0, 0.05) is 61.6 Å². The molecule has 6 heterocycles. The van der Waals surface area contributed by atoms with Crippen LogP contribution in [0.15, 0.2) is 30.7 Å². The zero-order chi connectivity index (χ0) is 23.8. The summed E-state index contributed by atoms with van der Waals surface area (Å²) in [5.74, 6) is 0.999. The first-order valence-corrected chi connectivity index (χ1v) is 14.8. The van der Waals surface area contributed by atoms with E-state index in [4.69, 9.17) is 0 Å². The summed E-state index contributed by atoms with van der Waals surface area (Å²) in [6, 6.07) is 4.15. The zero-order valence-corrected chi connectivity index (χ0v) is 21.2. The summed E-state index contributed by atoms with van der Waals surface area (Å²) >= 11 is 0. The number of anilines is 1. The molecule has 1 unspecified atom stereocenters. The third kappa shape index (κ3) is 4.78. The lowest BCUT2D eigenvalue weighted by Gasteiger charge is -2.37. The number of rotatable bonds is 6. The Bertz CT molecular complexity index is 1280. The van der Waals surface area contributed by atoms with E-state index in [1.54, 1.807) is 6.20 Å².